The molecule has 2 fully saturated rings. The number of piperazine rings is 1. The van der Waals surface area contributed by atoms with Gasteiger partial charge in [0, 0.05) is 6.54 Å². The summed E-state index contributed by atoms with van der Waals surface area (Å²) in [5.41, 5.74) is 0. The Balaban J connectivity index is 1.67. The Kier molecular flexibility index (Phi) is 4.36. The summed E-state index contributed by atoms with van der Waals surface area (Å²) < 4.78 is 5.30. The van der Waals surface area contributed by atoms with E-state index < -0.39 is 0 Å². The van der Waals surface area contributed by atoms with Gasteiger partial charge in [0.2, 0.25) is 5.91 Å². The van der Waals surface area contributed by atoms with Gasteiger partial charge in [0.25, 0.3) is 0 Å². The molecule has 1 amide bonds. The fraction of sp³-hybridized carbons (Fsp3) is 0.833. The molecule has 1 aliphatic carbocycles. The van der Waals surface area contributed by atoms with Crippen LogP contribution in [0.5, 0.6) is 0 Å². The first-order valence-electron chi connectivity index (χ1n) is 6.42. The van der Waals surface area contributed by atoms with Crippen molar-refractivity contribution in [2.24, 2.45) is 5.92 Å². The maximum Gasteiger partial charge on any atom is 0.324 e. The van der Waals surface area contributed by atoms with Crippen LogP contribution in [0, 0.1) is 5.92 Å². The number of carbonyl (C=O) groups is 2. The first-order valence-corrected chi connectivity index (χ1v) is 6.42. The number of hydrogen-bond donors (Lipinski definition) is 2. The van der Waals surface area contributed by atoms with Crippen LogP contribution in [-0.4, -0.2) is 37.6 Å². The monoisotopic (exact) mass is 240 g/mol. The van der Waals surface area contributed by atoms with Crippen molar-refractivity contribution in [1.29, 1.82) is 0 Å². The minimum atomic E-state index is -0.378. The maximum absolute atomic E-state index is 11.7. The Morgan fingerprint density at radius 2 is 2.06 bits per heavy atom. The third kappa shape index (κ3) is 3.70. The Hall–Kier alpha value is -1.10. The van der Waals surface area contributed by atoms with Gasteiger partial charge in [0.1, 0.15) is 6.04 Å². The van der Waals surface area contributed by atoms with Gasteiger partial charge >= 0.3 is 5.97 Å². The van der Waals surface area contributed by atoms with Gasteiger partial charge in [-0.1, -0.05) is 19.3 Å². The van der Waals surface area contributed by atoms with Crippen LogP contribution >= 0.6 is 0 Å². The summed E-state index contributed by atoms with van der Waals surface area (Å²) in [4.78, 5) is 22.6. The molecule has 0 aromatic heterocycles. The van der Waals surface area contributed by atoms with Gasteiger partial charge in [-0.3, -0.25) is 14.9 Å². The molecule has 5 heteroatoms. The lowest BCUT2D eigenvalue weighted by atomic mass is 9.90. The lowest BCUT2D eigenvalue weighted by molar-refractivity contribution is -0.148. The molecular formula is C12H20N2O3. The minimum Gasteiger partial charge on any atom is -0.464 e. The molecule has 1 saturated carbocycles. The second-order valence-electron chi connectivity index (χ2n) is 4.87. The van der Waals surface area contributed by atoms with E-state index in [0.717, 1.165) is 0 Å². The fourth-order valence-corrected chi connectivity index (χ4v) is 2.39. The summed E-state index contributed by atoms with van der Waals surface area (Å²) >= 11 is 0. The van der Waals surface area contributed by atoms with Gasteiger partial charge in [0.15, 0.2) is 0 Å². The highest BCUT2D eigenvalue weighted by Gasteiger charge is 2.26. The van der Waals surface area contributed by atoms with E-state index in [9.17, 15) is 9.59 Å². The van der Waals surface area contributed by atoms with Gasteiger partial charge in [-0.15, -0.1) is 0 Å². The summed E-state index contributed by atoms with van der Waals surface area (Å²) in [5, 5.41) is 5.52. The van der Waals surface area contributed by atoms with Crippen LogP contribution in [-0.2, 0) is 14.3 Å². The van der Waals surface area contributed by atoms with E-state index in [2.05, 4.69) is 10.6 Å². The second kappa shape index (κ2) is 6.00. The van der Waals surface area contributed by atoms with Crippen LogP contribution in [0.2, 0.25) is 0 Å². The Morgan fingerprint density at radius 3 is 2.71 bits per heavy atom. The van der Waals surface area contributed by atoms with Crippen LogP contribution < -0.4 is 10.6 Å². The second-order valence-corrected chi connectivity index (χ2v) is 4.87. The molecule has 2 rings (SSSR count). The summed E-state index contributed by atoms with van der Waals surface area (Å²) in [7, 11) is 0. The third-order valence-corrected chi connectivity index (χ3v) is 3.48. The zero-order chi connectivity index (χ0) is 12.1. The zero-order valence-corrected chi connectivity index (χ0v) is 10.0. The van der Waals surface area contributed by atoms with Gasteiger partial charge in [-0.2, -0.15) is 0 Å². The molecule has 0 radical (unpaired) electrons. The molecular weight excluding hydrogens is 220 g/mol. The van der Waals surface area contributed by atoms with E-state index in [1.807, 2.05) is 0 Å². The van der Waals surface area contributed by atoms with Crippen LogP contribution in [0.3, 0.4) is 0 Å². The molecule has 96 valence electrons. The lowest BCUT2D eigenvalue weighted by Crippen LogP contribution is -2.55. The minimum absolute atomic E-state index is 0.0682. The van der Waals surface area contributed by atoms with Gasteiger partial charge in [-0.05, 0) is 18.8 Å². The molecule has 1 heterocycles. The van der Waals surface area contributed by atoms with Crippen molar-refractivity contribution < 1.29 is 14.3 Å². The molecule has 2 aliphatic rings. The van der Waals surface area contributed by atoms with E-state index in [4.69, 9.17) is 4.74 Å². The molecule has 2 N–H and O–H groups in total. The summed E-state index contributed by atoms with van der Waals surface area (Å²) in [6.07, 6.45) is 6.14. The van der Waals surface area contributed by atoms with Crippen LogP contribution in [0.1, 0.15) is 32.1 Å². The fourth-order valence-electron chi connectivity index (χ4n) is 2.39. The number of nitrogens with one attached hydrogen (secondary N) is 2. The number of amides is 1. The van der Waals surface area contributed by atoms with Crippen molar-refractivity contribution in [3.8, 4) is 0 Å². The highest BCUT2D eigenvalue weighted by molar-refractivity contribution is 5.83. The lowest BCUT2D eigenvalue weighted by Gasteiger charge is -2.25. The molecule has 0 spiro atoms. The van der Waals surface area contributed by atoms with Crippen molar-refractivity contribution >= 4 is 11.9 Å². The standard InChI is InChI=1S/C12H20N2O3/c15-11-7-13-10(6-14-11)12(16)17-8-9-4-2-1-3-5-9/h9-10,13H,1-8H2,(H,14,15). The highest BCUT2D eigenvalue weighted by atomic mass is 16.5. The largest absolute Gasteiger partial charge is 0.464 e. The van der Waals surface area contributed by atoms with Gasteiger partial charge in [-0.25, -0.2) is 0 Å². The number of ether oxygens (including phenoxy) is 1. The molecule has 1 aliphatic heterocycles. The number of rotatable bonds is 3. The molecule has 5 nitrogen and oxygen atoms in total. The third-order valence-electron chi connectivity index (χ3n) is 3.48. The Morgan fingerprint density at radius 1 is 1.29 bits per heavy atom. The van der Waals surface area contributed by atoms with E-state index in [1.54, 1.807) is 0 Å². The van der Waals surface area contributed by atoms with Crippen molar-refractivity contribution in [3.05, 3.63) is 0 Å². The van der Waals surface area contributed by atoms with Crippen molar-refractivity contribution in [2.45, 2.75) is 38.1 Å². The molecule has 1 saturated heterocycles. The zero-order valence-electron chi connectivity index (χ0n) is 10.0. The smallest absolute Gasteiger partial charge is 0.324 e. The molecule has 0 bridgehead atoms. The first kappa shape index (κ1) is 12.4. The summed E-state index contributed by atoms with van der Waals surface area (Å²) in [6, 6.07) is -0.378. The van der Waals surface area contributed by atoms with Crippen molar-refractivity contribution in [2.75, 3.05) is 19.7 Å². The first-order chi connectivity index (χ1) is 8.25. The van der Waals surface area contributed by atoms with E-state index in [1.165, 1.54) is 32.1 Å². The highest BCUT2D eigenvalue weighted by Crippen LogP contribution is 2.23. The molecule has 0 aromatic carbocycles. The summed E-state index contributed by atoms with van der Waals surface area (Å²) in [5.74, 6) is 0.225. The Bertz CT molecular complexity index is 277. The predicted molar refractivity (Wildman–Crippen MR) is 62.3 cm³/mol. The number of carbonyl (C=O) groups excluding carboxylic acids is 2. The number of esters is 1. The van der Waals surface area contributed by atoms with Crippen LogP contribution in [0.15, 0.2) is 0 Å². The van der Waals surface area contributed by atoms with Crippen molar-refractivity contribution in [3.63, 3.8) is 0 Å². The van der Waals surface area contributed by atoms with Crippen molar-refractivity contribution in [1.82, 2.24) is 10.6 Å². The van der Waals surface area contributed by atoms with Crippen LogP contribution in [0.4, 0.5) is 0 Å². The van der Waals surface area contributed by atoms with Crippen LogP contribution in [0.25, 0.3) is 0 Å². The van der Waals surface area contributed by atoms with Gasteiger partial charge < -0.3 is 10.1 Å². The van der Waals surface area contributed by atoms with E-state index >= 15 is 0 Å². The summed E-state index contributed by atoms with van der Waals surface area (Å²) in [6.45, 7) is 1.07. The maximum atomic E-state index is 11.7. The molecule has 1 unspecified atom stereocenters. The molecule has 1 atom stereocenters. The van der Waals surface area contributed by atoms with E-state index in [0.29, 0.717) is 19.1 Å². The normalized spacial score (nSPS) is 26.4. The molecule has 17 heavy (non-hydrogen) atoms. The average Bonchev–Trinajstić information content (AvgIpc) is 2.38. The molecule has 0 aromatic rings. The quantitative estimate of drug-likeness (QED) is 0.691. The number of hydrogen-bond acceptors (Lipinski definition) is 4. The topological polar surface area (TPSA) is 67.4 Å². The SMILES string of the molecule is O=C1CNC(C(=O)OCC2CCCCC2)CN1. The Labute approximate surface area is 101 Å². The van der Waals surface area contributed by atoms with Gasteiger partial charge in [0.05, 0.1) is 13.2 Å². The predicted octanol–water partition coefficient (Wildman–Crippen LogP) is 0.198. The van der Waals surface area contributed by atoms with E-state index in [-0.39, 0.29) is 24.5 Å². The average molecular weight is 240 g/mol.